The molecular formula is C27H24ClN3O4S. The number of carbonyl (C=O) groups excluding carboxylic acids is 1. The van der Waals surface area contributed by atoms with Crippen molar-refractivity contribution in [3.05, 3.63) is 114 Å². The second kappa shape index (κ2) is 12.1. The summed E-state index contributed by atoms with van der Waals surface area (Å²) in [6, 6.07) is 19.9. The number of halogens is 1. The topological polar surface area (TPSA) is 89.5 Å². The predicted octanol–water partition coefficient (Wildman–Crippen LogP) is 5.04. The summed E-state index contributed by atoms with van der Waals surface area (Å²) in [7, 11) is -2.74. The molecular weight excluding hydrogens is 498 g/mol. The van der Waals surface area contributed by atoms with Crippen LogP contribution in [0.2, 0.25) is 0 Å². The van der Waals surface area contributed by atoms with Crippen molar-refractivity contribution in [2.45, 2.75) is 11.3 Å². The molecule has 0 N–H and O–H groups in total. The summed E-state index contributed by atoms with van der Waals surface area (Å²) >= 11 is 0. The Balaban J connectivity index is 0.00000361. The molecule has 0 saturated carbocycles. The third kappa shape index (κ3) is 6.16. The number of nitrogens with zero attached hydrogens (tertiary/aromatic N) is 3. The van der Waals surface area contributed by atoms with E-state index in [1.165, 1.54) is 19.2 Å². The van der Waals surface area contributed by atoms with Gasteiger partial charge in [0.1, 0.15) is 5.75 Å². The number of benzene rings is 2. The molecule has 0 radical (unpaired) electrons. The maximum absolute atomic E-state index is 13.8. The molecule has 2 aromatic heterocycles. The van der Waals surface area contributed by atoms with E-state index >= 15 is 0 Å². The van der Waals surface area contributed by atoms with E-state index in [0.717, 1.165) is 9.87 Å². The number of methoxy groups -OCH3 is 1. The fourth-order valence-electron chi connectivity index (χ4n) is 3.47. The number of sulfonamides is 1. The molecule has 4 rings (SSSR count). The van der Waals surface area contributed by atoms with Crippen LogP contribution in [-0.4, -0.2) is 31.4 Å². The van der Waals surface area contributed by atoms with Crippen LogP contribution < -0.4 is 9.04 Å². The van der Waals surface area contributed by atoms with Crippen molar-refractivity contribution in [1.82, 2.24) is 9.97 Å². The summed E-state index contributed by atoms with van der Waals surface area (Å²) in [6.07, 6.45) is 9.96. The summed E-state index contributed by atoms with van der Waals surface area (Å²) in [6.45, 7) is 0. The molecule has 4 aromatic rings. The van der Waals surface area contributed by atoms with Gasteiger partial charge < -0.3 is 4.74 Å². The van der Waals surface area contributed by atoms with E-state index in [-0.39, 0.29) is 29.4 Å². The van der Waals surface area contributed by atoms with Gasteiger partial charge in [0.25, 0.3) is 10.0 Å². The van der Waals surface area contributed by atoms with E-state index in [2.05, 4.69) is 9.97 Å². The largest absolute Gasteiger partial charge is 0.497 e. The predicted molar refractivity (Wildman–Crippen MR) is 142 cm³/mol. The zero-order chi connectivity index (χ0) is 24.7. The lowest BCUT2D eigenvalue weighted by molar-refractivity contribution is -0.116. The fourth-order valence-corrected chi connectivity index (χ4v) is 4.92. The molecule has 0 bridgehead atoms. The average molecular weight is 522 g/mol. The Bertz CT molecular complexity index is 1430. The van der Waals surface area contributed by atoms with Gasteiger partial charge in [-0.25, -0.2) is 12.7 Å². The summed E-state index contributed by atoms with van der Waals surface area (Å²) in [5, 5.41) is 0. The van der Waals surface area contributed by atoms with Crippen LogP contribution in [0.5, 0.6) is 5.75 Å². The molecule has 0 unspecified atom stereocenters. The maximum Gasteiger partial charge on any atom is 0.270 e. The Hall–Kier alpha value is -4.01. The van der Waals surface area contributed by atoms with E-state index in [1.54, 1.807) is 79.4 Å². The van der Waals surface area contributed by atoms with Crippen molar-refractivity contribution in [3.8, 4) is 5.75 Å². The van der Waals surface area contributed by atoms with E-state index in [1.807, 2.05) is 18.2 Å². The van der Waals surface area contributed by atoms with Gasteiger partial charge in [0.05, 0.1) is 24.1 Å². The fraction of sp³-hybridized carbons (Fsp3) is 0.0741. The first-order valence-corrected chi connectivity index (χ1v) is 12.2. The van der Waals surface area contributed by atoms with Crippen LogP contribution in [0.25, 0.3) is 12.2 Å². The van der Waals surface area contributed by atoms with Crippen LogP contribution in [-0.2, 0) is 21.2 Å². The molecule has 184 valence electrons. The number of amides is 1. The van der Waals surface area contributed by atoms with Gasteiger partial charge in [0.2, 0.25) is 5.91 Å². The van der Waals surface area contributed by atoms with Crippen molar-refractivity contribution in [1.29, 1.82) is 0 Å². The molecule has 0 atom stereocenters. The van der Waals surface area contributed by atoms with Gasteiger partial charge in [-0.2, -0.15) is 0 Å². The standard InChI is InChI=1S/C27H23N3O4S.ClH/c1-34-24-10-12-25(13-11-24)35(32,33)30(27(31)19-22-5-4-16-29-20-22)26-7-3-2-6-23(26)9-8-21-14-17-28-18-15-21;/h2-18,20H,19H2,1H3;1H/b9-8+;. The number of hydrogen-bond donors (Lipinski definition) is 0. The molecule has 0 spiro atoms. The average Bonchev–Trinajstić information content (AvgIpc) is 2.89. The highest BCUT2D eigenvalue weighted by Crippen LogP contribution is 2.30. The number of anilines is 1. The van der Waals surface area contributed by atoms with Crippen LogP contribution in [0.15, 0.2) is 102 Å². The molecule has 0 aliphatic carbocycles. The number of ether oxygens (including phenoxy) is 1. The van der Waals surface area contributed by atoms with Crippen LogP contribution in [0.4, 0.5) is 5.69 Å². The van der Waals surface area contributed by atoms with Crippen LogP contribution in [0.1, 0.15) is 16.7 Å². The van der Waals surface area contributed by atoms with Gasteiger partial charge in [-0.15, -0.1) is 12.4 Å². The molecule has 0 aliphatic heterocycles. The minimum Gasteiger partial charge on any atom is -0.497 e. The first kappa shape index (κ1) is 26.6. The zero-order valence-electron chi connectivity index (χ0n) is 19.4. The summed E-state index contributed by atoms with van der Waals surface area (Å²) in [5.74, 6) is -0.0866. The molecule has 0 fully saturated rings. The minimum atomic E-state index is -4.24. The van der Waals surface area contributed by atoms with E-state index in [4.69, 9.17) is 4.74 Å². The van der Waals surface area contributed by atoms with Crippen LogP contribution in [0, 0.1) is 0 Å². The normalized spacial score (nSPS) is 11.0. The highest BCUT2D eigenvalue weighted by molar-refractivity contribution is 7.93. The number of carbonyl (C=O) groups is 1. The molecule has 2 heterocycles. The smallest absolute Gasteiger partial charge is 0.270 e. The monoisotopic (exact) mass is 521 g/mol. The second-order valence-electron chi connectivity index (χ2n) is 7.55. The van der Waals surface area contributed by atoms with Crippen molar-refractivity contribution < 1.29 is 17.9 Å². The first-order valence-electron chi connectivity index (χ1n) is 10.8. The van der Waals surface area contributed by atoms with Crippen LogP contribution >= 0.6 is 12.4 Å². The Morgan fingerprint density at radius 1 is 0.889 bits per heavy atom. The maximum atomic E-state index is 13.8. The Kier molecular flexibility index (Phi) is 8.94. The summed E-state index contributed by atoms with van der Waals surface area (Å²) in [4.78, 5) is 21.6. The third-order valence-electron chi connectivity index (χ3n) is 5.22. The van der Waals surface area contributed by atoms with Gasteiger partial charge in [-0.1, -0.05) is 36.4 Å². The number of pyridine rings is 2. The second-order valence-corrected chi connectivity index (χ2v) is 9.34. The first-order chi connectivity index (χ1) is 17.0. The highest BCUT2D eigenvalue weighted by Gasteiger charge is 2.32. The van der Waals surface area contributed by atoms with E-state index in [0.29, 0.717) is 16.9 Å². The number of rotatable bonds is 8. The number of para-hydroxylation sites is 1. The molecule has 9 heteroatoms. The van der Waals surface area contributed by atoms with E-state index < -0.39 is 15.9 Å². The molecule has 7 nitrogen and oxygen atoms in total. The van der Waals surface area contributed by atoms with Crippen molar-refractivity contribution >= 4 is 46.2 Å². The quantitative estimate of drug-likeness (QED) is 0.322. The van der Waals surface area contributed by atoms with Gasteiger partial charge in [0, 0.05) is 24.8 Å². The Labute approximate surface area is 216 Å². The van der Waals surface area contributed by atoms with Gasteiger partial charge in [-0.05, 0) is 65.2 Å². The Morgan fingerprint density at radius 3 is 2.28 bits per heavy atom. The molecule has 0 saturated heterocycles. The Morgan fingerprint density at radius 2 is 1.61 bits per heavy atom. The van der Waals surface area contributed by atoms with Gasteiger partial charge in [0.15, 0.2) is 0 Å². The highest BCUT2D eigenvalue weighted by atomic mass is 35.5. The molecule has 36 heavy (non-hydrogen) atoms. The molecule has 2 aromatic carbocycles. The SMILES string of the molecule is COc1ccc(S(=O)(=O)N(C(=O)Cc2cccnc2)c2ccccc2/C=C/c2ccncc2)cc1.Cl. The molecule has 1 amide bonds. The van der Waals surface area contributed by atoms with Crippen molar-refractivity contribution in [3.63, 3.8) is 0 Å². The summed E-state index contributed by atoms with van der Waals surface area (Å²) in [5.41, 5.74) is 2.32. The molecule has 0 aliphatic rings. The lowest BCUT2D eigenvalue weighted by atomic mass is 10.1. The van der Waals surface area contributed by atoms with Gasteiger partial charge in [-0.3, -0.25) is 14.8 Å². The summed E-state index contributed by atoms with van der Waals surface area (Å²) < 4.78 is 33.6. The lowest BCUT2D eigenvalue weighted by Gasteiger charge is -2.24. The minimum absolute atomic E-state index is 0. The van der Waals surface area contributed by atoms with Gasteiger partial charge >= 0.3 is 0 Å². The van der Waals surface area contributed by atoms with Crippen molar-refractivity contribution in [2.75, 3.05) is 11.4 Å². The van der Waals surface area contributed by atoms with Crippen molar-refractivity contribution in [2.24, 2.45) is 0 Å². The zero-order valence-corrected chi connectivity index (χ0v) is 21.0. The number of hydrogen-bond acceptors (Lipinski definition) is 6. The number of aromatic nitrogens is 2. The van der Waals surface area contributed by atoms with E-state index in [9.17, 15) is 13.2 Å². The third-order valence-corrected chi connectivity index (χ3v) is 6.97. The lowest BCUT2D eigenvalue weighted by Crippen LogP contribution is -2.38. The van der Waals surface area contributed by atoms with Crippen LogP contribution in [0.3, 0.4) is 0 Å².